The normalized spacial score (nSPS) is 12.7. The van der Waals surface area contributed by atoms with Gasteiger partial charge >= 0.3 is 0 Å². The number of thioether (sulfide) groups is 1. The Kier molecular flexibility index (Phi) is 6.98. The number of hydrogen-bond donors (Lipinski definition) is 2. The molecule has 26 heavy (non-hydrogen) atoms. The molecule has 0 radical (unpaired) electrons. The Labute approximate surface area is 163 Å². The lowest BCUT2D eigenvalue weighted by atomic mass is 10.1. The minimum Gasteiger partial charge on any atom is -0.365 e. The van der Waals surface area contributed by atoms with Crippen molar-refractivity contribution in [2.24, 2.45) is 5.73 Å². The highest BCUT2D eigenvalue weighted by atomic mass is 32.2. The third-order valence-electron chi connectivity index (χ3n) is 3.07. The Bertz CT molecular complexity index is 769. The van der Waals surface area contributed by atoms with E-state index in [4.69, 9.17) is 10.6 Å². The largest absolute Gasteiger partial charge is 0.365 e. The Hall–Kier alpha value is -1.69. The smallest absolute Gasteiger partial charge is 0.294 e. The van der Waals surface area contributed by atoms with E-state index >= 15 is 0 Å². The van der Waals surface area contributed by atoms with Gasteiger partial charge in [-0.3, -0.25) is 4.79 Å². The SMILES string of the molecule is CC(C)(C)NCC(CSc1nc(-c2ccc(C(N)=O)s2)cs1)O[N+](=O)[O-]. The molecule has 2 aromatic rings. The van der Waals surface area contributed by atoms with Crippen LogP contribution in [0.5, 0.6) is 0 Å². The zero-order valence-corrected chi connectivity index (χ0v) is 17.0. The molecule has 0 spiro atoms. The molecule has 11 heteroatoms. The molecule has 3 N–H and O–H groups in total. The van der Waals surface area contributed by atoms with Crippen molar-refractivity contribution in [3.05, 3.63) is 32.5 Å². The Morgan fingerprint density at radius 1 is 1.50 bits per heavy atom. The molecular weight excluding hydrogens is 396 g/mol. The average molecular weight is 417 g/mol. The van der Waals surface area contributed by atoms with Crippen molar-refractivity contribution in [2.75, 3.05) is 12.3 Å². The average Bonchev–Trinajstić information content (AvgIpc) is 3.17. The summed E-state index contributed by atoms with van der Waals surface area (Å²) in [5, 5.41) is 15.0. The summed E-state index contributed by atoms with van der Waals surface area (Å²) in [5.74, 6) is -0.0641. The predicted octanol–water partition coefficient (Wildman–Crippen LogP) is 3.03. The van der Waals surface area contributed by atoms with Gasteiger partial charge in [-0.15, -0.1) is 32.8 Å². The van der Waals surface area contributed by atoms with Gasteiger partial charge in [0.15, 0.2) is 4.34 Å². The van der Waals surface area contributed by atoms with Crippen molar-refractivity contribution in [1.29, 1.82) is 0 Å². The van der Waals surface area contributed by atoms with Gasteiger partial charge in [-0.25, -0.2) is 4.98 Å². The van der Waals surface area contributed by atoms with E-state index in [0.29, 0.717) is 17.2 Å². The molecule has 8 nitrogen and oxygen atoms in total. The molecule has 1 atom stereocenters. The molecule has 0 aliphatic rings. The number of hydrogen-bond acceptors (Lipinski definition) is 9. The summed E-state index contributed by atoms with van der Waals surface area (Å²) in [4.78, 5) is 32.5. The fourth-order valence-electron chi connectivity index (χ4n) is 1.88. The monoisotopic (exact) mass is 416 g/mol. The molecule has 142 valence electrons. The summed E-state index contributed by atoms with van der Waals surface area (Å²) in [5.41, 5.74) is 5.87. The van der Waals surface area contributed by atoms with E-state index < -0.39 is 17.1 Å². The number of nitrogens with two attached hydrogens (primary N) is 1. The molecule has 0 bridgehead atoms. The summed E-state index contributed by atoms with van der Waals surface area (Å²) in [7, 11) is 0. The number of nitrogens with one attached hydrogen (secondary N) is 1. The van der Waals surface area contributed by atoms with E-state index in [1.807, 2.05) is 26.2 Å². The number of amides is 1. The first-order chi connectivity index (χ1) is 12.1. The number of thiophene rings is 1. The summed E-state index contributed by atoms with van der Waals surface area (Å²) in [6.07, 6.45) is -0.579. The number of thiazole rings is 1. The quantitative estimate of drug-likeness (QED) is 0.366. The lowest BCUT2D eigenvalue weighted by Gasteiger charge is -2.23. The summed E-state index contributed by atoms with van der Waals surface area (Å²) < 4.78 is 0.779. The van der Waals surface area contributed by atoms with Gasteiger partial charge in [-0.1, -0.05) is 11.8 Å². The molecule has 2 aromatic heterocycles. The highest BCUT2D eigenvalue weighted by Crippen LogP contribution is 2.32. The second-order valence-electron chi connectivity index (χ2n) is 6.42. The van der Waals surface area contributed by atoms with Crippen LogP contribution in [-0.2, 0) is 4.84 Å². The van der Waals surface area contributed by atoms with Crippen LogP contribution < -0.4 is 11.1 Å². The Morgan fingerprint density at radius 3 is 2.81 bits per heavy atom. The van der Waals surface area contributed by atoms with Gasteiger partial charge in [0, 0.05) is 23.2 Å². The van der Waals surface area contributed by atoms with Crippen LogP contribution in [0, 0.1) is 10.1 Å². The minimum atomic E-state index is -0.764. The summed E-state index contributed by atoms with van der Waals surface area (Å²) >= 11 is 4.13. The third kappa shape index (κ3) is 6.56. The van der Waals surface area contributed by atoms with Crippen LogP contribution >= 0.6 is 34.4 Å². The Morgan fingerprint density at radius 2 is 2.23 bits per heavy atom. The van der Waals surface area contributed by atoms with E-state index in [2.05, 4.69) is 10.3 Å². The van der Waals surface area contributed by atoms with Crippen molar-refractivity contribution in [3.63, 3.8) is 0 Å². The lowest BCUT2D eigenvalue weighted by molar-refractivity contribution is -0.766. The third-order valence-corrected chi connectivity index (χ3v) is 6.35. The van der Waals surface area contributed by atoms with Gasteiger partial charge in [0.1, 0.15) is 6.10 Å². The Balaban J connectivity index is 1.97. The maximum atomic E-state index is 11.2. The van der Waals surface area contributed by atoms with Crippen LogP contribution in [-0.4, -0.2) is 39.9 Å². The molecular formula is C15H20N4O4S3. The van der Waals surface area contributed by atoms with E-state index in [-0.39, 0.29) is 5.54 Å². The number of aromatic nitrogens is 1. The van der Waals surface area contributed by atoms with Crippen LogP contribution in [0.15, 0.2) is 21.9 Å². The molecule has 1 unspecified atom stereocenters. The maximum absolute atomic E-state index is 11.2. The topological polar surface area (TPSA) is 120 Å². The number of rotatable bonds is 9. The van der Waals surface area contributed by atoms with Crippen molar-refractivity contribution < 1.29 is 14.7 Å². The van der Waals surface area contributed by atoms with Gasteiger partial charge in [-0.2, -0.15) is 0 Å². The zero-order chi connectivity index (χ0) is 19.3. The maximum Gasteiger partial charge on any atom is 0.294 e. The first kappa shape index (κ1) is 20.6. The van der Waals surface area contributed by atoms with Crippen molar-refractivity contribution in [2.45, 2.75) is 36.8 Å². The van der Waals surface area contributed by atoms with Gasteiger partial charge in [0.25, 0.3) is 11.0 Å². The van der Waals surface area contributed by atoms with E-state index in [1.165, 1.54) is 34.4 Å². The second-order valence-corrected chi connectivity index (χ2v) is 9.63. The lowest BCUT2D eigenvalue weighted by Crippen LogP contribution is -2.43. The molecule has 0 fully saturated rings. The molecule has 0 aliphatic carbocycles. The molecule has 0 saturated heterocycles. The van der Waals surface area contributed by atoms with Gasteiger partial charge in [0.2, 0.25) is 0 Å². The van der Waals surface area contributed by atoms with E-state index in [1.54, 1.807) is 12.1 Å². The van der Waals surface area contributed by atoms with Crippen LogP contribution in [0.4, 0.5) is 0 Å². The van der Waals surface area contributed by atoms with Crippen LogP contribution in [0.1, 0.15) is 30.4 Å². The molecule has 2 heterocycles. The number of nitrogens with zero attached hydrogens (tertiary/aromatic N) is 2. The summed E-state index contributed by atoms with van der Waals surface area (Å²) in [6, 6.07) is 3.48. The van der Waals surface area contributed by atoms with Crippen molar-refractivity contribution in [1.82, 2.24) is 10.3 Å². The number of carbonyl (C=O) groups excluding carboxylic acids is 1. The summed E-state index contributed by atoms with van der Waals surface area (Å²) in [6.45, 7) is 6.32. The van der Waals surface area contributed by atoms with Crippen molar-refractivity contribution in [3.8, 4) is 10.6 Å². The first-order valence-electron chi connectivity index (χ1n) is 7.68. The second kappa shape index (κ2) is 8.80. The van der Waals surface area contributed by atoms with Gasteiger partial charge in [0.05, 0.1) is 15.4 Å². The molecule has 2 rings (SSSR count). The fraction of sp³-hybridized carbons (Fsp3) is 0.467. The molecule has 0 aliphatic heterocycles. The molecule has 0 saturated carbocycles. The molecule has 0 aromatic carbocycles. The van der Waals surface area contributed by atoms with Crippen molar-refractivity contribution >= 4 is 40.3 Å². The predicted molar refractivity (Wildman–Crippen MR) is 104 cm³/mol. The van der Waals surface area contributed by atoms with Crippen LogP contribution in [0.3, 0.4) is 0 Å². The highest BCUT2D eigenvalue weighted by molar-refractivity contribution is 8.01. The molecule has 1 amide bonds. The van der Waals surface area contributed by atoms with E-state index in [9.17, 15) is 14.9 Å². The standard InChI is InChI=1S/C15H20N4O4S3/c1-15(2,3)17-6-9(23-19(21)22)7-24-14-18-10(8-25-14)11-4-5-12(26-11)13(16)20/h4-5,8-9,17H,6-7H2,1-3H3,(H2,16,20). The highest BCUT2D eigenvalue weighted by Gasteiger charge is 2.19. The minimum absolute atomic E-state index is 0.158. The number of carbonyl (C=O) groups is 1. The van der Waals surface area contributed by atoms with Crippen LogP contribution in [0.2, 0.25) is 0 Å². The van der Waals surface area contributed by atoms with Gasteiger partial charge < -0.3 is 15.9 Å². The van der Waals surface area contributed by atoms with E-state index in [0.717, 1.165) is 14.9 Å². The number of primary amides is 1. The zero-order valence-electron chi connectivity index (χ0n) is 14.6. The van der Waals surface area contributed by atoms with Crippen LogP contribution in [0.25, 0.3) is 10.6 Å². The first-order valence-corrected chi connectivity index (χ1v) is 10.4. The fourth-order valence-corrected chi connectivity index (χ4v) is 4.60. The van der Waals surface area contributed by atoms with Gasteiger partial charge in [-0.05, 0) is 32.9 Å².